The first kappa shape index (κ1) is 16.2. The molecule has 0 aromatic carbocycles. The molecule has 2 N–H and O–H groups in total. The van der Waals surface area contributed by atoms with Crippen LogP contribution < -0.4 is 5.32 Å². The number of amides is 2. The van der Waals surface area contributed by atoms with Gasteiger partial charge in [-0.3, -0.25) is 19.4 Å². The van der Waals surface area contributed by atoms with Gasteiger partial charge in [-0.25, -0.2) is 0 Å². The molecular formula is C14H26N4O3. The molecule has 21 heavy (non-hydrogen) atoms. The number of hydrogen-bond donors (Lipinski definition) is 2. The third kappa shape index (κ3) is 5.26. The predicted molar refractivity (Wildman–Crippen MR) is 78.8 cm³/mol. The average Bonchev–Trinajstić information content (AvgIpc) is 3.01. The second-order valence-corrected chi connectivity index (χ2v) is 5.71. The van der Waals surface area contributed by atoms with E-state index in [4.69, 9.17) is 5.11 Å². The van der Waals surface area contributed by atoms with E-state index in [0.29, 0.717) is 13.1 Å². The molecule has 0 aliphatic carbocycles. The molecule has 7 nitrogen and oxygen atoms in total. The van der Waals surface area contributed by atoms with Crippen molar-refractivity contribution in [2.24, 2.45) is 0 Å². The van der Waals surface area contributed by atoms with Crippen molar-refractivity contribution < 1.29 is 14.7 Å². The highest BCUT2D eigenvalue weighted by Gasteiger charge is 2.20. The van der Waals surface area contributed by atoms with E-state index in [9.17, 15) is 9.59 Å². The van der Waals surface area contributed by atoms with Gasteiger partial charge in [0.25, 0.3) is 0 Å². The molecule has 2 saturated heterocycles. The van der Waals surface area contributed by atoms with Crippen molar-refractivity contribution in [2.75, 3.05) is 65.5 Å². The molecule has 2 rings (SSSR count). The third-order valence-corrected chi connectivity index (χ3v) is 4.14. The molecule has 0 radical (unpaired) electrons. The number of carbonyl (C=O) groups excluding carboxylic acids is 2. The van der Waals surface area contributed by atoms with E-state index in [1.54, 1.807) is 0 Å². The largest absolute Gasteiger partial charge is 0.395 e. The van der Waals surface area contributed by atoms with Gasteiger partial charge in [0.2, 0.25) is 11.8 Å². The summed E-state index contributed by atoms with van der Waals surface area (Å²) in [6, 6.07) is 0. The van der Waals surface area contributed by atoms with E-state index >= 15 is 0 Å². The number of piperazine rings is 1. The fraction of sp³-hybridized carbons (Fsp3) is 0.857. The van der Waals surface area contributed by atoms with Gasteiger partial charge in [-0.2, -0.15) is 0 Å². The Morgan fingerprint density at radius 3 is 2.19 bits per heavy atom. The Hall–Kier alpha value is -1.18. The van der Waals surface area contributed by atoms with E-state index in [0.717, 1.165) is 52.1 Å². The molecule has 2 aliphatic heterocycles. The second kappa shape index (κ2) is 8.31. The molecular weight excluding hydrogens is 272 g/mol. The van der Waals surface area contributed by atoms with Gasteiger partial charge in [0.1, 0.15) is 0 Å². The molecule has 120 valence electrons. The van der Waals surface area contributed by atoms with Crippen molar-refractivity contribution >= 4 is 11.8 Å². The molecule has 0 aromatic rings. The summed E-state index contributed by atoms with van der Waals surface area (Å²) in [5.41, 5.74) is 0. The van der Waals surface area contributed by atoms with Gasteiger partial charge < -0.3 is 15.3 Å². The molecule has 0 aromatic heterocycles. The van der Waals surface area contributed by atoms with Crippen LogP contribution in [0.15, 0.2) is 0 Å². The summed E-state index contributed by atoms with van der Waals surface area (Å²) < 4.78 is 0. The zero-order chi connectivity index (χ0) is 15.1. The number of carbonyl (C=O) groups is 2. The molecule has 0 unspecified atom stereocenters. The maximum atomic E-state index is 11.9. The van der Waals surface area contributed by atoms with Gasteiger partial charge in [0.15, 0.2) is 0 Å². The van der Waals surface area contributed by atoms with Gasteiger partial charge in [0, 0.05) is 45.8 Å². The quantitative estimate of drug-likeness (QED) is 0.613. The van der Waals surface area contributed by atoms with Crippen LogP contribution in [0, 0.1) is 0 Å². The minimum Gasteiger partial charge on any atom is -0.395 e. The van der Waals surface area contributed by atoms with Crippen molar-refractivity contribution in [3.63, 3.8) is 0 Å². The van der Waals surface area contributed by atoms with E-state index < -0.39 is 0 Å². The normalized spacial score (nSPS) is 20.7. The fourth-order valence-corrected chi connectivity index (χ4v) is 2.82. The van der Waals surface area contributed by atoms with Crippen LogP contribution in [0.5, 0.6) is 0 Å². The van der Waals surface area contributed by atoms with Crippen LogP contribution in [-0.2, 0) is 9.59 Å². The highest BCUT2D eigenvalue weighted by molar-refractivity contribution is 5.85. The smallest absolute Gasteiger partial charge is 0.241 e. The number of nitrogens with one attached hydrogen (secondary N) is 1. The number of rotatable bonds is 6. The monoisotopic (exact) mass is 298 g/mol. The Balaban J connectivity index is 1.60. The Bertz CT molecular complexity index is 350. The van der Waals surface area contributed by atoms with Crippen molar-refractivity contribution in [1.82, 2.24) is 20.0 Å². The lowest BCUT2D eigenvalue weighted by molar-refractivity contribution is -0.132. The van der Waals surface area contributed by atoms with Gasteiger partial charge >= 0.3 is 0 Å². The molecule has 2 amide bonds. The molecule has 7 heteroatoms. The number of aliphatic hydroxyl groups excluding tert-OH is 1. The lowest BCUT2D eigenvalue weighted by Gasteiger charge is -2.33. The summed E-state index contributed by atoms with van der Waals surface area (Å²) >= 11 is 0. The topological polar surface area (TPSA) is 76.1 Å². The van der Waals surface area contributed by atoms with Gasteiger partial charge in [-0.1, -0.05) is 0 Å². The maximum Gasteiger partial charge on any atom is 0.241 e. The SMILES string of the molecule is O=C(CN1CCN(CCO)CC1)NCC(=O)N1CCCC1. The first-order chi connectivity index (χ1) is 10.2. The zero-order valence-electron chi connectivity index (χ0n) is 12.6. The van der Waals surface area contributed by atoms with E-state index in [-0.39, 0.29) is 25.0 Å². The summed E-state index contributed by atoms with van der Waals surface area (Å²) in [4.78, 5) is 29.8. The molecule has 0 saturated carbocycles. The number of hydrogen-bond acceptors (Lipinski definition) is 5. The van der Waals surface area contributed by atoms with Crippen molar-refractivity contribution in [3.05, 3.63) is 0 Å². The van der Waals surface area contributed by atoms with Crippen LogP contribution in [0.2, 0.25) is 0 Å². The second-order valence-electron chi connectivity index (χ2n) is 5.71. The summed E-state index contributed by atoms with van der Waals surface area (Å²) in [5, 5.41) is 11.6. The number of nitrogens with zero attached hydrogens (tertiary/aromatic N) is 3. The lowest BCUT2D eigenvalue weighted by atomic mass is 10.3. The Kier molecular flexibility index (Phi) is 6.41. The molecule has 0 bridgehead atoms. The van der Waals surface area contributed by atoms with E-state index in [2.05, 4.69) is 15.1 Å². The van der Waals surface area contributed by atoms with Crippen molar-refractivity contribution in [2.45, 2.75) is 12.8 Å². The van der Waals surface area contributed by atoms with Crippen molar-refractivity contribution in [3.8, 4) is 0 Å². The van der Waals surface area contributed by atoms with Crippen LogP contribution in [0.3, 0.4) is 0 Å². The standard InChI is InChI=1S/C14H26N4O3/c19-10-9-16-5-7-17(8-6-16)12-13(20)15-11-14(21)18-3-1-2-4-18/h19H,1-12H2,(H,15,20). The summed E-state index contributed by atoms with van der Waals surface area (Å²) in [6.45, 7) is 6.39. The van der Waals surface area contributed by atoms with E-state index in [1.165, 1.54) is 0 Å². The number of likely N-dealkylation sites (tertiary alicyclic amines) is 1. The Morgan fingerprint density at radius 1 is 0.952 bits per heavy atom. The average molecular weight is 298 g/mol. The lowest BCUT2D eigenvalue weighted by Crippen LogP contribution is -2.50. The van der Waals surface area contributed by atoms with Crippen LogP contribution in [-0.4, -0.2) is 97.1 Å². The van der Waals surface area contributed by atoms with Crippen molar-refractivity contribution in [1.29, 1.82) is 0 Å². The minimum atomic E-state index is -0.0850. The van der Waals surface area contributed by atoms with Gasteiger partial charge in [-0.15, -0.1) is 0 Å². The fourth-order valence-electron chi connectivity index (χ4n) is 2.82. The molecule has 0 spiro atoms. The molecule has 2 fully saturated rings. The van der Waals surface area contributed by atoms with Crippen LogP contribution in [0.1, 0.15) is 12.8 Å². The molecule has 0 atom stereocenters. The molecule has 2 heterocycles. The highest BCUT2D eigenvalue weighted by Crippen LogP contribution is 2.06. The summed E-state index contributed by atoms with van der Waals surface area (Å²) in [7, 11) is 0. The first-order valence-corrected chi connectivity index (χ1v) is 7.79. The Labute approximate surface area is 125 Å². The van der Waals surface area contributed by atoms with Crippen LogP contribution in [0.4, 0.5) is 0 Å². The first-order valence-electron chi connectivity index (χ1n) is 7.79. The predicted octanol–water partition coefficient (Wildman–Crippen LogP) is -1.67. The number of aliphatic hydroxyl groups is 1. The van der Waals surface area contributed by atoms with Gasteiger partial charge in [0.05, 0.1) is 19.7 Å². The highest BCUT2D eigenvalue weighted by atomic mass is 16.3. The summed E-state index contributed by atoms with van der Waals surface area (Å²) in [6.07, 6.45) is 2.13. The van der Waals surface area contributed by atoms with Crippen LogP contribution in [0.25, 0.3) is 0 Å². The molecule has 2 aliphatic rings. The maximum absolute atomic E-state index is 11.9. The Morgan fingerprint density at radius 2 is 1.57 bits per heavy atom. The zero-order valence-corrected chi connectivity index (χ0v) is 12.6. The summed E-state index contributed by atoms with van der Waals surface area (Å²) in [5.74, 6) is -0.0632. The number of β-amino-alcohol motifs (C(OH)–C–C–N with tert-alkyl or cyclic N) is 1. The van der Waals surface area contributed by atoms with E-state index in [1.807, 2.05) is 4.90 Å². The third-order valence-electron chi connectivity index (χ3n) is 4.14. The minimum absolute atomic E-state index is 0.0219. The van der Waals surface area contributed by atoms with Crippen LogP contribution >= 0.6 is 0 Å². The van der Waals surface area contributed by atoms with Gasteiger partial charge in [-0.05, 0) is 12.8 Å².